The summed E-state index contributed by atoms with van der Waals surface area (Å²) in [5, 5.41) is 36.7. The summed E-state index contributed by atoms with van der Waals surface area (Å²) in [5.74, 6) is -3.47. The molecule has 0 amide bonds. The SMILES string of the molecule is CCC(O)(CC)C(CO)(C(=O)O)C(=O)O. The average Bonchev–Trinajstić information content (AvgIpc) is 2.18. The fourth-order valence-corrected chi connectivity index (χ4v) is 1.63. The van der Waals surface area contributed by atoms with E-state index in [9.17, 15) is 14.7 Å². The molecule has 0 aliphatic rings. The molecule has 15 heavy (non-hydrogen) atoms. The van der Waals surface area contributed by atoms with Crippen molar-refractivity contribution in [1.29, 1.82) is 0 Å². The first-order valence-corrected chi connectivity index (χ1v) is 4.62. The predicted molar refractivity (Wildman–Crippen MR) is 50.3 cm³/mol. The van der Waals surface area contributed by atoms with Crippen LogP contribution in [-0.2, 0) is 9.59 Å². The molecule has 88 valence electrons. The standard InChI is InChI=1S/C9H16O6/c1-3-8(15,4-2)9(5-10,6(11)12)7(13)14/h10,15H,3-5H2,1-2H3,(H,11,12)(H,13,14). The van der Waals surface area contributed by atoms with E-state index in [1.165, 1.54) is 13.8 Å². The van der Waals surface area contributed by atoms with Crippen molar-refractivity contribution in [3.63, 3.8) is 0 Å². The molecule has 0 fully saturated rings. The highest BCUT2D eigenvalue weighted by atomic mass is 16.4. The minimum atomic E-state index is -2.56. The number of rotatable bonds is 6. The molecule has 6 nitrogen and oxygen atoms in total. The largest absolute Gasteiger partial charge is 0.480 e. The summed E-state index contributed by atoms with van der Waals surface area (Å²) < 4.78 is 0. The second-order valence-electron chi connectivity index (χ2n) is 3.41. The monoisotopic (exact) mass is 220 g/mol. The molecule has 0 saturated heterocycles. The first-order valence-electron chi connectivity index (χ1n) is 4.62. The van der Waals surface area contributed by atoms with Gasteiger partial charge in [-0.1, -0.05) is 13.8 Å². The van der Waals surface area contributed by atoms with Crippen LogP contribution < -0.4 is 0 Å². The number of carboxylic acid groups (broad SMARTS) is 2. The number of hydrogen-bond acceptors (Lipinski definition) is 4. The Balaban J connectivity index is 5.63. The van der Waals surface area contributed by atoms with E-state index in [4.69, 9.17) is 15.3 Å². The van der Waals surface area contributed by atoms with Crippen LogP contribution in [-0.4, -0.2) is 44.6 Å². The van der Waals surface area contributed by atoms with Crippen molar-refractivity contribution in [2.24, 2.45) is 5.41 Å². The van der Waals surface area contributed by atoms with Gasteiger partial charge in [-0.05, 0) is 12.8 Å². The lowest BCUT2D eigenvalue weighted by atomic mass is 9.69. The maximum absolute atomic E-state index is 11.0. The minimum Gasteiger partial charge on any atom is -0.480 e. The van der Waals surface area contributed by atoms with Crippen molar-refractivity contribution in [3.05, 3.63) is 0 Å². The fraction of sp³-hybridized carbons (Fsp3) is 0.778. The number of aliphatic hydroxyl groups excluding tert-OH is 1. The van der Waals surface area contributed by atoms with Gasteiger partial charge in [0.25, 0.3) is 0 Å². The van der Waals surface area contributed by atoms with Crippen LogP contribution in [0.25, 0.3) is 0 Å². The van der Waals surface area contributed by atoms with Crippen molar-refractivity contribution in [1.82, 2.24) is 0 Å². The highest BCUT2D eigenvalue weighted by Gasteiger charge is 2.60. The van der Waals surface area contributed by atoms with Crippen molar-refractivity contribution in [3.8, 4) is 0 Å². The molecule has 6 heteroatoms. The number of aliphatic carboxylic acids is 2. The summed E-state index contributed by atoms with van der Waals surface area (Å²) in [4.78, 5) is 21.9. The molecule has 0 unspecified atom stereocenters. The van der Waals surface area contributed by atoms with Crippen LogP contribution in [0.4, 0.5) is 0 Å². The Hall–Kier alpha value is -1.14. The lowest BCUT2D eigenvalue weighted by Gasteiger charge is -2.38. The molecule has 0 aliphatic carbocycles. The zero-order chi connectivity index (χ0) is 12.3. The Morgan fingerprint density at radius 1 is 1.07 bits per heavy atom. The van der Waals surface area contributed by atoms with E-state index in [1.54, 1.807) is 0 Å². The van der Waals surface area contributed by atoms with Gasteiger partial charge in [-0.15, -0.1) is 0 Å². The third-order valence-corrected chi connectivity index (χ3v) is 2.93. The number of aliphatic hydroxyl groups is 2. The average molecular weight is 220 g/mol. The van der Waals surface area contributed by atoms with Crippen LogP contribution in [0.2, 0.25) is 0 Å². The van der Waals surface area contributed by atoms with Crippen molar-refractivity contribution >= 4 is 11.9 Å². The van der Waals surface area contributed by atoms with Crippen LogP contribution in [0.3, 0.4) is 0 Å². The molecule has 0 aromatic rings. The Morgan fingerprint density at radius 3 is 1.47 bits per heavy atom. The summed E-state index contributed by atoms with van der Waals surface area (Å²) in [6, 6.07) is 0. The summed E-state index contributed by atoms with van der Waals surface area (Å²) >= 11 is 0. The molecule has 0 aromatic heterocycles. The normalized spacial score (nSPS) is 12.5. The van der Waals surface area contributed by atoms with E-state index in [2.05, 4.69) is 0 Å². The van der Waals surface area contributed by atoms with Gasteiger partial charge < -0.3 is 20.4 Å². The highest BCUT2D eigenvalue weighted by molar-refractivity contribution is 6.00. The van der Waals surface area contributed by atoms with Crippen LogP contribution in [0.1, 0.15) is 26.7 Å². The Morgan fingerprint density at radius 2 is 1.40 bits per heavy atom. The van der Waals surface area contributed by atoms with Crippen LogP contribution in [0, 0.1) is 5.41 Å². The Bertz CT molecular complexity index is 241. The summed E-state index contributed by atoms with van der Waals surface area (Å²) in [6.45, 7) is 1.80. The van der Waals surface area contributed by atoms with Gasteiger partial charge in [-0.25, -0.2) is 0 Å². The lowest BCUT2D eigenvalue weighted by molar-refractivity contribution is -0.193. The molecule has 0 rings (SSSR count). The van der Waals surface area contributed by atoms with Crippen LogP contribution in [0.15, 0.2) is 0 Å². The first kappa shape index (κ1) is 13.9. The third-order valence-electron chi connectivity index (χ3n) is 2.93. The van der Waals surface area contributed by atoms with Gasteiger partial charge in [0.1, 0.15) is 0 Å². The van der Waals surface area contributed by atoms with Crippen molar-refractivity contribution < 1.29 is 30.0 Å². The van der Waals surface area contributed by atoms with Gasteiger partial charge in [-0.2, -0.15) is 0 Å². The molecule has 0 saturated carbocycles. The summed E-state index contributed by atoms with van der Waals surface area (Å²) in [6.07, 6.45) is -0.134. The van der Waals surface area contributed by atoms with Crippen LogP contribution in [0.5, 0.6) is 0 Å². The Kier molecular flexibility index (Phi) is 4.24. The Labute approximate surface area is 87.2 Å². The number of carbonyl (C=O) groups is 2. The second kappa shape index (κ2) is 4.59. The predicted octanol–water partition coefficient (Wildman–Crippen LogP) is -0.315. The molecule has 0 radical (unpaired) electrons. The van der Waals surface area contributed by atoms with E-state index in [-0.39, 0.29) is 12.8 Å². The van der Waals surface area contributed by atoms with Gasteiger partial charge in [-0.3, -0.25) is 9.59 Å². The van der Waals surface area contributed by atoms with Gasteiger partial charge in [0.05, 0.1) is 12.2 Å². The topological polar surface area (TPSA) is 115 Å². The van der Waals surface area contributed by atoms with E-state index < -0.39 is 29.6 Å². The lowest BCUT2D eigenvalue weighted by Crippen LogP contribution is -2.60. The molecule has 0 aromatic carbocycles. The quantitative estimate of drug-likeness (QED) is 0.456. The smallest absolute Gasteiger partial charge is 0.326 e. The molecule has 0 heterocycles. The molecule has 0 aliphatic heterocycles. The fourth-order valence-electron chi connectivity index (χ4n) is 1.63. The van der Waals surface area contributed by atoms with E-state index in [1.807, 2.05) is 0 Å². The maximum Gasteiger partial charge on any atom is 0.326 e. The van der Waals surface area contributed by atoms with Crippen molar-refractivity contribution in [2.75, 3.05) is 6.61 Å². The minimum absolute atomic E-state index is 0.0668. The molecular formula is C9H16O6. The first-order chi connectivity index (χ1) is 6.82. The highest BCUT2D eigenvalue weighted by Crippen LogP contribution is 2.37. The summed E-state index contributed by atoms with van der Waals surface area (Å²) in [7, 11) is 0. The molecule has 0 atom stereocenters. The van der Waals surface area contributed by atoms with Gasteiger partial charge in [0.15, 0.2) is 0 Å². The van der Waals surface area contributed by atoms with Gasteiger partial charge >= 0.3 is 11.9 Å². The summed E-state index contributed by atoms with van der Waals surface area (Å²) in [5.41, 5.74) is -4.52. The molecule has 0 spiro atoms. The zero-order valence-electron chi connectivity index (χ0n) is 8.73. The molecular weight excluding hydrogens is 204 g/mol. The van der Waals surface area contributed by atoms with Crippen molar-refractivity contribution in [2.45, 2.75) is 32.3 Å². The number of hydrogen-bond donors (Lipinski definition) is 4. The van der Waals surface area contributed by atoms with Crippen LogP contribution >= 0.6 is 0 Å². The third kappa shape index (κ3) is 1.82. The van der Waals surface area contributed by atoms with E-state index >= 15 is 0 Å². The zero-order valence-corrected chi connectivity index (χ0v) is 8.73. The van der Waals surface area contributed by atoms with Gasteiger partial charge in [0.2, 0.25) is 5.41 Å². The maximum atomic E-state index is 11.0. The van der Waals surface area contributed by atoms with E-state index in [0.717, 1.165) is 0 Å². The molecule has 0 bridgehead atoms. The molecule has 4 N–H and O–H groups in total. The number of carboxylic acids is 2. The van der Waals surface area contributed by atoms with E-state index in [0.29, 0.717) is 0 Å². The van der Waals surface area contributed by atoms with Gasteiger partial charge in [0, 0.05) is 0 Å². The second-order valence-corrected chi connectivity index (χ2v) is 3.41.